The predicted octanol–water partition coefficient (Wildman–Crippen LogP) is 6.51. The number of methoxy groups -OCH3 is 1. The summed E-state index contributed by atoms with van der Waals surface area (Å²) in [6, 6.07) is 15.1. The van der Waals surface area contributed by atoms with Crippen LogP contribution in [-0.4, -0.2) is 39.6 Å². The molecule has 0 radical (unpaired) electrons. The zero-order valence-corrected chi connectivity index (χ0v) is 20.6. The molecule has 0 N–H and O–H groups in total. The van der Waals surface area contributed by atoms with Crippen LogP contribution in [0.15, 0.2) is 42.5 Å². The van der Waals surface area contributed by atoms with E-state index >= 15 is 0 Å². The lowest BCUT2D eigenvalue weighted by molar-refractivity contribution is -0.138. The first-order valence-electron chi connectivity index (χ1n) is 13.1. The monoisotopic (exact) mass is 459 g/mol. The highest BCUT2D eigenvalue weighted by atomic mass is 16.5. The lowest BCUT2D eigenvalue weighted by Gasteiger charge is -2.42. The zero-order valence-electron chi connectivity index (χ0n) is 20.6. The molecule has 0 spiro atoms. The second kappa shape index (κ2) is 10.2. The van der Waals surface area contributed by atoms with Gasteiger partial charge in [-0.05, 0) is 68.5 Å². The maximum absolute atomic E-state index is 14.1. The standard InChI is InChI=1S/C29H37N3O2/c1-21-19-22(17-18-27(21)34-2)29-30-25-15-9-10-16-26(25)31(29)20-28(33)32(23-11-5-3-6-12-23)24-13-7-4-8-14-24/h9-10,15-19,23-24H,3-8,11-14,20H2,1-2H3. The smallest absolute Gasteiger partial charge is 0.243 e. The Balaban J connectivity index is 1.52. The maximum atomic E-state index is 14.1. The molecule has 2 aromatic carbocycles. The van der Waals surface area contributed by atoms with Crippen LogP contribution in [-0.2, 0) is 11.3 Å². The van der Waals surface area contributed by atoms with Crippen molar-refractivity contribution in [3.8, 4) is 17.1 Å². The molecule has 5 nitrogen and oxygen atoms in total. The van der Waals surface area contributed by atoms with Gasteiger partial charge in [-0.25, -0.2) is 4.98 Å². The maximum Gasteiger partial charge on any atom is 0.243 e. The SMILES string of the molecule is COc1ccc(-c2nc3ccccc3n2CC(=O)N(C2CCCCC2)C2CCCCC2)cc1C. The molecule has 0 atom stereocenters. The summed E-state index contributed by atoms with van der Waals surface area (Å²) in [5.74, 6) is 1.98. The van der Waals surface area contributed by atoms with Gasteiger partial charge in [0.25, 0.3) is 0 Å². The average molecular weight is 460 g/mol. The van der Waals surface area contributed by atoms with Crippen molar-refractivity contribution in [1.82, 2.24) is 14.5 Å². The molecule has 2 aliphatic rings. The van der Waals surface area contributed by atoms with E-state index in [4.69, 9.17) is 9.72 Å². The molecule has 1 heterocycles. The number of amides is 1. The van der Waals surface area contributed by atoms with Gasteiger partial charge in [0.1, 0.15) is 18.1 Å². The van der Waals surface area contributed by atoms with Gasteiger partial charge in [-0.15, -0.1) is 0 Å². The van der Waals surface area contributed by atoms with Gasteiger partial charge in [0, 0.05) is 17.6 Å². The Bertz CT molecular complexity index is 1120. The topological polar surface area (TPSA) is 47.4 Å². The van der Waals surface area contributed by atoms with E-state index in [1.807, 2.05) is 37.3 Å². The molecule has 2 saturated carbocycles. The number of carbonyl (C=O) groups is 1. The van der Waals surface area contributed by atoms with Gasteiger partial charge >= 0.3 is 0 Å². The fourth-order valence-electron chi connectivity index (χ4n) is 6.11. The van der Waals surface area contributed by atoms with E-state index in [1.54, 1.807) is 7.11 Å². The Kier molecular flexibility index (Phi) is 6.89. The van der Waals surface area contributed by atoms with Crippen LogP contribution < -0.4 is 4.74 Å². The Labute approximate surface area is 203 Å². The largest absolute Gasteiger partial charge is 0.496 e. The van der Waals surface area contributed by atoms with Crippen LogP contribution >= 0.6 is 0 Å². The minimum absolute atomic E-state index is 0.258. The van der Waals surface area contributed by atoms with Gasteiger partial charge in [-0.1, -0.05) is 50.7 Å². The number of aryl methyl sites for hydroxylation is 1. The molecule has 3 aromatic rings. The Morgan fingerprint density at radius 2 is 1.62 bits per heavy atom. The van der Waals surface area contributed by atoms with Crippen molar-refractivity contribution in [1.29, 1.82) is 0 Å². The zero-order chi connectivity index (χ0) is 23.5. The molecule has 2 fully saturated rings. The van der Waals surface area contributed by atoms with Crippen molar-refractivity contribution in [3.63, 3.8) is 0 Å². The molecule has 1 amide bonds. The number of imidazole rings is 1. The van der Waals surface area contributed by atoms with Crippen LogP contribution in [0.3, 0.4) is 0 Å². The van der Waals surface area contributed by atoms with Crippen LogP contribution in [0.25, 0.3) is 22.4 Å². The molecule has 180 valence electrons. The van der Waals surface area contributed by atoms with E-state index in [0.29, 0.717) is 18.6 Å². The van der Waals surface area contributed by atoms with Crippen LogP contribution in [0.1, 0.15) is 69.8 Å². The van der Waals surface area contributed by atoms with Crippen LogP contribution in [0.4, 0.5) is 0 Å². The van der Waals surface area contributed by atoms with Crippen LogP contribution in [0, 0.1) is 6.92 Å². The van der Waals surface area contributed by atoms with Gasteiger partial charge in [0.2, 0.25) is 5.91 Å². The lowest BCUT2D eigenvalue weighted by atomic mass is 9.88. The number of hydrogen-bond acceptors (Lipinski definition) is 3. The summed E-state index contributed by atoms with van der Waals surface area (Å²) < 4.78 is 7.60. The fourth-order valence-corrected chi connectivity index (χ4v) is 6.11. The Morgan fingerprint density at radius 3 is 2.24 bits per heavy atom. The first kappa shape index (κ1) is 22.9. The first-order chi connectivity index (χ1) is 16.7. The summed E-state index contributed by atoms with van der Waals surface area (Å²) in [6.45, 7) is 2.39. The molecule has 0 bridgehead atoms. The number of rotatable bonds is 6. The molecule has 34 heavy (non-hydrogen) atoms. The third-order valence-electron chi connectivity index (χ3n) is 7.83. The molecule has 0 unspecified atom stereocenters. The summed E-state index contributed by atoms with van der Waals surface area (Å²) in [6.07, 6.45) is 12.2. The molecule has 0 aliphatic heterocycles. The summed E-state index contributed by atoms with van der Waals surface area (Å²) in [4.78, 5) is 21.3. The minimum Gasteiger partial charge on any atom is -0.496 e. The third-order valence-corrected chi connectivity index (χ3v) is 7.83. The Morgan fingerprint density at radius 1 is 0.971 bits per heavy atom. The molecular weight excluding hydrogens is 422 g/mol. The quantitative estimate of drug-likeness (QED) is 0.422. The number of fused-ring (bicyclic) bond motifs is 1. The number of para-hydroxylation sites is 2. The van der Waals surface area contributed by atoms with E-state index in [1.165, 1.54) is 38.5 Å². The normalized spacial score (nSPS) is 17.7. The van der Waals surface area contributed by atoms with Crippen molar-refractivity contribution in [2.75, 3.05) is 7.11 Å². The van der Waals surface area contributed by atoms with Crippen molar-refractivity contribution in [2.24, 2.45) is 0 Å². The van der Waals surface area contributed by atoms with Gasteiger partial charge in [0.05, 0.1) is 18.1 Å². The third kappa shape index (κ3) is 4.57. The van der Waals surface area contributed by atoms with Crippen molar-refractivity contribution < 1.29 is 9.53 Å². The second-order valence-electron chi connectivity index (χ2n) is 10.1. The summed E-state index contributed by atoms with van der Waals surface area (Å²) >= 11 is 0. The second-order valence-corrected chi connectivity index (χ2v) is 10.1. The van der Waals surface area contributed by atoms with E-state index in [2.05, 4.69) is 21.6 Å². The average Bonchev–Trinajstić information content (AvgIpc) is 3.24. The van der Waals surface area contributed by atoms with E-state index in [-0.39, 0.29) is 5.91 Å². The molecule has 1 aromatic heterocycles. The number of ether oxygens (including phenoxy) is 1. The molecule has 0 saturated heterocycles. The number of nitrogens with zero attached hydrogens (tertiary/aromatic N) is 3. The summed E-state index contributed by atoms with van der Waals surface area (Å²) in [7, 11) is 1.70. The number of hydrogen-bond donors (Lipinski definition) is 0. The van der Waals surface area contributed by atoms with Gasteiger partial charge in [-0.3, -0.25) is 4.79 Å². The Hall–Kier alpha value is -2.82. The molecule has 5 heteroatoms. The van der Waals surface area contributed by atoms with Gasteiger partial charge in [0.15, 0.2) is 0 Å². The van der Waals surface area contributed by atoms with Gasteiger partial charge < -0.3 is 14.2 Å². The highest BCUT2D eigenvalue weighted by molar-refractivity contribution is 5.85. The van der Waals surface area contributed by atoms with Crippen molar-refractivity contribution in [2.45, 2.75) is 89.8 Å². The van der Waals surface area contributed by atoms with Crippen LogP contribution in [0.2, 0.25) is 0 Å². The van der Waals surface area contributed by atoms with E-state index in [9.17, 15) is 4.79 Å². The molecular formula is C29H37N3O2. The van der Waals surface area contributed by atoms with Crippen molar-refractivity contribution in [3.05, 3.63) is 48.0 Å². The predicted molar refractivity (Wildman–Crippen MR) is 137 cm³/mol. The van der Waals surface area contributed by atoms with E-state index in [0.717, 1.165) is 59.4 Å². The summed E-state index contributed by atoms with van der Waals surface area (Å²) in [5, 5.41) is 0. The first-order valence-corrected chi connectivity index (χ1v) is 13.1. The van der Waals surface area contributed by atoms with Crippen LogP contribution in [0.5, 0.6) is 5.75 Å². The lowest BCUT2D eigenvalue weighted by Crippen LogP contribution is -2.50. The van der Waals surface area contributed by atoms with Crippen molar-refractivity contribution >= 4 is 16.9 Å². The molecule has 5 rings (SSSR count). The van der Waals surface area contributed by atoms with Gasteiger partial charge in [-0.2, -0.15) is 0 Å². The number of benzene rings is 2. The highest BCUT2D eigenvalue weighted by Crippen LogP contribution is 2.32. The highest BCUT2D eigenvalue weighted by Gasteiger charge is 2.33. The fraction of sp³-hybridized carbons (Fsp3) is 0.517. The minimum atomic E-state index is 0.258. The van der Waals surface area contributed by atoms with E-state index < -0.39 is 0 Å². The number of carbonyl (C=O) groups excluding carboxylic acids is 1. The number of aromatic nitrogens is 2. The molecule has 2 aliphatic carbocycles. The summed E-state index contributed by atoms with van der Waals surface area (Å²) in [5.41, 5.74) is 4.03.